The highest BCUT2D eigenvalue weighted by atomic mass is 16.3. The third kappa shape index (κ3) is 10.1. The second-order valence-electron chi connectivity index (χ2n) is 12.7. The Morgan fingerprint density at radius 2 is 1.73 bits per heavy atom. The van der Waals surface area contributed by atoms with Gasteiger partial charge < -0.3 is 26.4 Å². The molecular formula is C35H50N6O4. The van der Waals surface area contributed by atoms with Crippen molar-refractivity contribution in [1.29, 1.82) is 0 Å². The number of aliphatic hydroxyl groups is 1. The molecule has 0 aliphatic heterocycles. The third-order valence-electron chi connectivity index (χ3n) is 8.19. The Kier molecular flexibility index (Phi) is 13.1. The number of likely N-dealkylation sites (N-methyl/N-ethyl adjacent to an activating group) is 1. The van der Waals surface area contributed by atoms with E-state index >= 15 is 0 Å². The minimum absolute atomic E-state index is 0.0450. The molecule has 1 heterocycles. The number of pyridine rings is 1. The van der Waals surface area contributed by atoms with Crippen molar-refractivity contribution in [3.05, 3.63) is 66.0 Å². The van der Waals surface area contributed by atoms with Crippen molar-refractivity contribution in [3.8, 4) is 11.8 Å². The first-order valence-electron chi connectivity index (χ1n) is 16.0. The molecule has 10 nitrogen and oxygen atoms in total. The highest BCUT2D eigenvalue weighted by molar-refractivity contribution is 5.95. The van der Waals surface area contributed by atoms with E-state index in [4.69, 9.17) is 0 Å². The number of carbonyl (C=O) groups excluding carboxylic acids is 3. The van der Waals surface area contributed by atoms with Gasteiger partial charge in [0.2, 0.25) is 11.8 Å². The van der Waals surface area contributed by atoms with E-state index in [1.807, 2.05) is 51.1 Å². The van der Waals surface area contributed by atoms with Crippen molar-refractivity contribution in [3.63, 3.8) is 0 Å². The van der Waals surface area contributed by atoms with Crippen LogP contribution in [-0.2, 0) is 16.0 Å². The van der Waals surface area contributed by atoms with E-state index in [2.05, 4.69) is 64.2 Å². The van der Waals surface area contributed by atoms with Crippen LogP contribution < -0.4 is 26.6 Å². The molecule has 2 aromatic rings. The normalized spacial score (nSPS) is 20.0. The van der Waals surface area contributed by atoms with Crippen molar-refractivity contribution < 1.29 is 19.5 Å². The average molecular weight is 619 g/mol. The molecule has 0 radical (unpaired) electrons. The number of benzene rings is 1. The van der Waals surface area contributed by atoms with Crippen LogP contribution in [0.1, 0.15) is 76.7 Å². The smallest absolute Gasteiger partial charge is 0.251 e. The second kappa shape index (κ2) is 16.5. The summed E-state index contributed by atoms with van der Waals surface area (Å²) in [6.07, 6.45) is 4.03. The van der Waals surface area contributed by atoms with Crippen molar-refractivity contribution in [1.82, 2.24) is 31.6 Å². The number of nitrogens with one attached hydrogen (secondary N) is 5. The molecule has 244 valence electrons. The minimum Gasteiger partial charge on any atom is -0.376 e. The maximum absolute atomic E-state index is 13.8. The number of nitrogens with zero attached hydrogens (tertiary/aromatic N) is 1. The van der Waals surface area contributed by atoms with Crippen LogP contribution in [-0.4, -0.2) is 70.8 Å². The van der Waals surface area contributed by atoms with Crippen molar-refractivity contribution in [2.75, 3.05) is 13.1 Å². The fourth-order valence-corrected chi connectivity index (χ4v) is 5.71. The zero-order chi connectivity index (χ0) is 33.0. The summed E-state index contributed by atoms with van der Waals surface area (Å²) >= 11 is 0. The van der Waals surface area contributed by atoms with Crippen molar-refractivity contribution in [2.45, 2.75) is 97.1 Å². The summed E-state index contributed by atoms with van der Waals surface area (Å²) in [5.74, 6) is 5.11. The van der Waals surface area contributed by atoms with Crippen LogP contribution in [0.4, 0.5) is 0 Å². The maximum atomic E-state index is 13.8. The quantitative estimate of drug-likeness (QED) is 0.133. The van der Waals surface area contributed by atoms with Crippen molar-refractivity contribution in [2.24, 2.45) is 11.3 Å². The number of amides is 3. The van der Waals surface area contributed by atoms with Gasteiger partial charge in [-0.15, -0.1) is 5.92 Å². The topological polar surface area (TPSA) is 144 Å². The molecule has 3 unspecified atom stereocenters. The zero-order valence-corrected chi connectivity index (χ0v) is 27.4. The molecule has 0 bridgehead atoms. The first-order valence-corrected chi connectivity index (χ1v) is 16.0. The molecule has 10 heteroatoms. The maximum Gasteiger partial charge on any atom is 0.251 e. The van der Waals surface area contributed by atoms with Crippen LogP contribution in [0.5, 0.6) is 0 Å². The lowest BCUT2D eigenvalue weighted by molar-refractivity contribution is -0.123. The first-order chi connectivity index (χ1) is 21.4. The predicted octanol–water partition coefficient (Wildman–Crippen LogP) is 2.54. The van der Waals surface area contributed by atoms with Gasteiger partial charge in [-0.3, -0.25) is 24.7 Å². The predicted molar refractivity (Wildman–Crippen MR) is 176 cm³/mol. The fourth-order valence-electron chi connectivity index (χ4n) is 5.71. The number of hydrogen-bond acceptors (Lipinski definition) is 7. The highest BCUT2D eigenvalue weighted by Gasteiger charge is 2.64. The van der Waals surface area contributed by atoms with E-state index in [0.717, 1.165) is 5.56 Å². The van der Waals surface area contributed by atoms with Crippen LogP contribution in [0, 0.1) is 23.2 Å². The molecule has 45 heavy (non-hydrogen) atoms. The van der Waals surface area contributed by atoms with E-state index in [1.165, 1.54) is 0 Å². The molecule has 1 aromatic carbocycles. The van der Waals surface area contributed by atoms with Gasteiger partial charge in [0.25, 0.3) is 5.91 Å². The number of rotatable bonds is 15. The molecule has 1 saturated carbocycles. The highest BCUT2D eigenvalue weighted by Crippen LogP contribution is 2.55. The van der Waals surface area contributed by atoms with Gasteiger partial charge >= 0.3 is 0 Å². The Morgan fingerprint density at radius 3 is 2.31 bits per heavy atom. The molecule has 1 fully saturated rings. The fraction of sp³-hybridized carbons (Fsp3) is 0.543. The first kappa shape index (κ1) is 35.7. The number of aromatic nitrogens is 1. The average Bonchev–Trinajstić information content (AvgIpc) is 3.76. The Morgan fingerprint density at radius 1 is 1.04 bits per heavy atom. The molecule has 3 rings (SSSR count). The zero-order valence-electron chi connectivity index (χ0n) is 27.4. The molecule has 3 amide bonds. The SMILES string of the molecule is CCC#C[C@H](NC(O)C1(NC(=O)c2ccncc2)CC1C(C)(C)C)C(=O)N[C@H](CN[C@@H](CC)C(=O)NCC)Cc1ccccc1. The van der Waals surface area contributed by atoms with Crippen LogP contribution in [0.15, 0.2) is 54.9 Å². The van der Waals surface area contributed by atoms with E-state index < -0.39 is 29.8 Å². The largest absolute Gasteiger partial charge is 0.376 e. The molecule has 0 saturated heterocycles. The summed E-state index contributed by atoms with van der Waals surface area (Å²) in [5, 5.41) is 27.0. The van der Waals surface area contributed by atoms with Gasteiger partial charge in [0.05, 0.1) is 11.6 Å². The van der Waals surface area contributed by atoms with Crippen LogP contribution in [0.25, 0.3) is 0 Å². The molecular weight excluding hydrogens is 568 g/mol. The van der Waals surface area contributed by atoms with E-state index in [-0.39, 0.29) is 29.2 Å². The van der Waals surface area contributed by atoms with Crippen LogP contribution in [0.2, 0.25) is 0 Å². The van der Waals surface area contributed by atoms with Gasteiger partial charge in [-0.25, -0.2) is 0 Å². The van der Waals surface area contributed by atoms with E-state index in [9.17, 15) is 19.5 Å². The summed E-state index contributed by atoms with van der Waals surface area (Å²) in [5.41, 5.74) is 0.263. The van der Waals surface area contributed by atoms with Crippen molar-refractivity contribution >= 4 is 17.7 Å². The molecule has 1 aromatic heterocycles. The summed E-state index contributed by atoms with van der Waals surface area (Å²) in [6.45, 7) is 12.8. The Labute approximate surface area is 267 Å². The second-order valence-corrected chi connectivity index (χ2v) is 12.7. The van der Waals surface area contributed by atoms with Gasteiger partial charge in [0.15, 0.2) is 6.04 Å². The molecule has 1 aliphatic carbocycles. The summed E-state index contributed by atoms with van der Waals surface area (Å²) in [6, 6.07) is 11.2. The molecule has 0 spiro atoms. The monoisotopic (exact) mass is 618 g/mol. The number of hydrogen-bond donors (Lipinski definition) is 6. The Balaban J connectivity index is 1.81. The molecule has 1 aliphatic rings. The van der Waals surface area contributed by atoms with Gasteiger partial charge in [0.1, 0.15) is 6.23 Å². The summed E-state index contributed by atoms with van der Waals surface area (Å²) < 4.78 is 0. The van der Waals surface area contributed by atoms with Gasteiger partial charge in [-0.2, -0.15) is 0 Å². The Hall–Kier alpha value is -3.78. The van der Waals surface area contributed by atoms with Gasteiger partial charge in [0, 0.05) is 43.5 Å². The molecule has 6 N–H and O–H groups in total. The van der Waals surface area contributed by atoms with Crippen LogP contribution in [0.3, 0.4) is 0 Å². The number of carbonyl (C=O) groups is 3. The van der Waals surface area contributed by atoms with E-state index in [0.29, 0.717) is 44.3 Å². The standard InChI is InChI=1S/C35H50N6O4/c1-7-10-16-28(40-33(45)35(22-29(35)34(4,5)6)41-30(42)25-17-19-36-20-18-25)32(44)39-26(21-24-14-12-11-13-15-24)23-38-27(8-2)31(43)37-9-3/h11-15,17-20,26-29,33,38,40,45H,7-9,21-23H2,1-6H3,(H,37,43)(H,39,44)(H,41,42)/t26-,27-,28-,29?,33?,35?/m0/s1. The number of aliphatic hydroxyl groups excluding tert-OH is 1. The minimum atomic E-state index is -1.25. The molecule has 6 atom stereocenters. The lowest BCUT2D eigenvalue weighted by Crippen LogP contribution is -2.60. The third-order valence-corrected chi connectivity index (χ3v) is 8.19. The Bertz CT molecular complexity index is 1320. The van der Waals surface area contributed by atoms with Gasteiger partial charge in [-0.05, 0) is 55.2 Å². The lowest BCUT2D eigenvalue weighted by Gasteiger charge is -2.32. The van der Waals surface area contributed by atoms with Gasteiger partial charge in [-0.1, -0.05) is 70.9 Å². The van der Waals surface area contributed by atoms with Crippen LogP contribution >= 0.6 is 0 Å². The summed E-state index contributed by atoms with van der Waals surface area (Å²) in [7, 11) is 0. The summed E-state index contributed by atoms with van der Waals surface area (Å²) in [4.78, 5) is 43.5. The lowest BCUT2D eigenvalue weighted by atomic mass is 9.86. The van der Waals surface area contributed by atoms with E-state index in [1.54, 1.807) is 24.5 Å².